The second-order valence-electron chi connectivity index (χ2n) is 8.25. The van der Waals surface area contributed by atoms with E-state index in [4.69, 9.17) is 9.47 Å². The highest BCUT2D eigenvalue weighted by Crippen LogP contribution is 2.27. The number of carbonyl (C=O) groups is 1. The number of carbonyl (C=O) groups excluding carboxylic acids is 1. The van der Waals surface area contributed by atoms with Gasteiger partial charge in [-0.1, -0.05) is 6.07 Å². The lowest BCUT2D eigenvalue weighted by molar-refractivity contribution is -0.121. The summed E-state index contributed by atoms with van der Waals surface area (Å²) in [6, 6.07) is 5.67. The van der Waals surface area contributed by atoms with Gasteiger partial charge in [-0.15, -0.1) is 0 Å². The molecule has 9 nitrogen and oxygen atoms in total. The Hall–Kier alpha value is -3.36. The van der Waals surface area contributed by atoms with Crippen LogP contribution in [0.15, 0.2) is 35.5 Å². The van der Waals surface area contributed by atoms with Crippen molar-refractivity contribution in [3.05, 3.63) is 46.6 Å². The Morgan fingerprint density at radius 2 is 1.90 bits per heavy atom. The second-order valence-corrected chi connectivity index (χ2v) is 8.25. The third-order valence-corrected chi connectivity index (χ3v) is 4.95. The molecular weight excluding hydrogens is 398 g/mol. The van der Waals surface area contributed by atoms with Crippen molar-refractivity contribution in [1.82, 2.24) is 24.6 Å². The molecular formula is C22H29N5O4. The van der Waals surface area contributed by atoms with Gasteiger partial charge in [0.05, 0.1) is 32.3 Å². The number of fused-ring (bicyclic) bond motifs is 1. The predicted molar refractivity (Wildman–Crippen MR) is 118 cm³/mol. The number of hydrogen-bond acceptors (Lipinski definition) is 6. The van der Waals surface area contributed by atoms with Crippen LogP contribution in [0.2, 0.25) is 0 Å². The first-order valence-corrected chi connectivity index (χ1v) is 10.2. The minimum Gasteiger partial charge on any atom is -0.493 e. The number of methoxy groups -OCH3 is 2. The van der Waals surface area contributed by atoms with Gasteiger partial charge in [0.2, 0.25) is 5.91 Å². The number of aryl methyl sites for hydroxylation is 1. The summed E-state index contributed by atoms with van der Waals surface area (Å²) in [6.07, 6.45) is 3.86. The summed E-state index contributed by atoms with van der Waals surface area (Å²) in [5.41, 5.74) is 1.10. The van der Waals surface area contributed by atoms with E-state index in [0.717, 1.165) is 5.56 Å². The van der Waals surface area contributed by atoms with Crippen molar-refractivity contribution < 1.29 is 14.3 Å². The SMILES string of the molecule is COc1ccc(CCNC(=O)CCn2cnc3c(cnn3C(C)(C)C)c2=O)cc1OC. The lowest BCUT2D eigenvalue weighted by Crippen LogP contribution is -2.29. The van der Waals surface area contributed by atoms with Crippen molar-refractivity contribution in [3.8, 4) is 11.5 Å². The van der Waals surface area contributed by atoms with E-state index in [9.17, 15) is 9.59 Å². The number of aromatic nitrogens is 4. The Balaban J connectivity index is 1.56. The molecule has 0 aliphatic rings. The number of ether oxygens (including phenoxy) is 2. The van der Waals surface area contributed by atoms with Crippen molar-refractivity contribution >= 4 is 16.9 Å². The topological polar surface area (TPSA) is 100 Å². The number of amides is 1. The van der Waals surface area contributed by atoms with Gasteiger partial charge in [-0.3, -0.25) is 14.2 Å². The molecule has 1 aromatic carbocycles. The Bertz CT molecular complexity index is 1130. The average molecular weight is 428 g/mol. The van der Waals surface area contributed by atoms with Gasteiger partial charge in [-0.25, -0.2) is 9.67 Å². The fraction of sp³-hybridized carbons (Fsp3) is 0.455. The number of rotatable bonds is 8. The summed E-state index contributed by atoms with van der Waals surface area (Å²) >= 11 is 0. The first-order valence-electron chi connectivity index (χ1n) is 10.2. The maximum absolute atomic E-state index is 12.7. The quantitative estimate of drug-likeness (QED) is 0.591. The molecule has 0 bridgehead atoms. The highest BCUT2D eigenvalue weighted by molar-refractivity contribution is 5.76. The number of hydrogen-bond donors (Lipinski definition) is 1. The van der Waals surface area contributed by atoms with E-state index in [0.29, 0.717) is 35.5 Å². The fourth-order valence-corrected chi connectivity index (χ4v) is 3.29. The lowest BCUT2D eigenvalue weighted by atomic mass is 10.1. The zero-order valence-electron chi connectivity index (χ0n) is 18.6. The summed E-state index contributed by atoms with van der Waals surface area (Å²) in [4.78, 5) is 29.3. The van der Waals surface area contributed by atoms with Gasteiger partial charge < -0.3 is 14.8 Å². The van der Waals surface area contributed by atoms with Crippen molar-refractivity contribution in [3.63, 3.8) is 0 Å². The van der Waals surface area contributed by atoms with Crippen LogP contribution in [0.5, 0.6) is 11.5 Å². The molecule has 3 rings (SSSR count). The van der Waals surface area contributed by atoms with Crippen molar-refractivity contribution in [2.45, 2.75) is 45.7 Å². The molecule has 0 saturated carbocycles. The summed E-state index contributed by atoms with van der Waals surface area (Å²) in [6.45, 7) is 6.74. The molecule has 0 radical (unpaired) electrons. The summed E-state index contributed by atoms with van der Waals surface area (Å²) in [5.74, 6) is 1.19. The molecule has 2 aromatic heterocycles. The number of nitrogens with zero attached hydrogens (tertiary/aromatic N) is 4. The molecule has 0 aliphatic carbocycles. The largest absolute Gasteiger partial charge is 0.493 e. The van der Waals surface area contributed by atoms with E-state index in [1.807, 2.05) is 39.0 Å². The minimum atomic E-state index is -0.277. The van der Waals surface area contributed by atoms with E-state index >= 15 is 0 Å². The van der Waals surface area contributed by atoms with Crippen LogP contribution in [0.1, 0.15) is 32.8 Å². The monoisotopic (exact) mass is 427 g/mol. The first-order chi connectivity index (χ1) is 14.7. The first kappa shape index (κ1) is 22.3. The maximum atomic E-state index is 12.7. The average Bonchev–Trinajstić information content (AvgIpc) is 3.18. The van der Waals surface area contributed by atoms with E-state index in [-0.39, 0.29) is 30.0 Å². The van der Waals surface area contributed by atoms with Crippen LogP contribution in [-0.2, 0) is 23.3 Å². The zero-order valence-corrected chi connectivity index (χ0v) is 18.6. The third kappa shape index (κ3) is 5.04. The van der Waals surface area contributed by atoms with Gasteiger partial charge in [0, 0.05) is 19.5 Å². The van der Waals surface area contributed by atoms with Crippen LogP contribution >= 0.6 is 0 Å². The van der Waals surface area contributed by atoms with Crippen molar-refractivity contribution in [2.75, 3.05) is 20.8 Å². The molecule has 0 saturated heterocycles. The molecule has 0 atom stereocenters. The van der Waals surface area contributed by atoms with E-state index in [1.54, 1.807) is 18.9 Å². The molecule has 166 valence electrons. The van der Waals surface area contributed by atoms with Gasteiger partial charge in [0.1, 0.15) is 5.39 Å². The van der Waals surface area contributed by atoms with Crippen LogP contribution < -0.4 is 20.3 Å². The molecule has 1 N–H and O–H groups in total. The molecule has 2 heterocycles. The minimum absolute atomic E-state index is 0.127. The summed E-state index contributed by atoms with van der Waals surface area (Å²) in [5, 5.41) is 7.64. The van der Waals surface area contributed by atoms with Crippen LogP contribution in [0, 0.1) is 0 Å². The highest BCUT2D eigenvalue weighted by atomic mass is 16.5. The summed E-state index contributed by atoms with van der Waals surface area (Å²) < 4.78 is 13.7. The highest BCUT2D eigenvalue weighted by Gasteiger charge is 2.19. The zero-order chi connectivity index (χ0) is 22.6. The van der Waals surface area contributed by atoms with Crippen LogP contribution in [0.3, 0.4) is 0 Å². The van der Waals surface area contributed by atoms with E-state index in [1.165, 1.54) is 17.1 Å². The molecule has 0 aliphatic heterocycles. The van der Waals surface area contributed by atoms with E-state index < -0.39 is 0 Å². The standard InChI is InChI=1S/C22H29N5O4/c1-22(2,3)27-20-16(13-25-27)21(29)26(14-24-20)11-9-19(28)23-10-8-15-6-7-17(30-4)18(12-15)31-5/h6-7,12-14H,8-11H2,1-5H3,(H,23,28). The van der Waals surface area contributed by atoms with E-state index in [2.05, 4.69) is 15.4 Å². The predicted octanol–water partition coefficient (Wildman–Crippen LogP) is 2.11. The van der Waals surface area contributed by atoms with Crippen molar-refractivity contribution in [2.24, 2.45) is 0 Å². The maximum Gasteiger partial charge on any atom is 0.264 e. The Morgan fingerprint density at radius 3 is 2.58 bits per heavy atom. The molecule has 9 heteroatoms. The molecule has 0 spiro atoms. The fourth-order valence-electron chi connectivity index (χ4n) is 3.29. The van der Waals surface area contributed by atoms with Crippen molar-refractivity contribution in [1.29, 1.82) is 0 Å². The van der Waals surface area contributed by atoms with Crippen LogP contribution in [-0.4, -0.2) is 46.0 Å². The summed E-state index contributed by atoms with van der Waals surface area (Å²) in [7, 11) is 3.18. The molecule has 3 aromatic rings. The molecule has 31 heavy (non-hydrogen) atoms. The van der Waals surface area contributed by atoms with Crippen LogP contribution in [0.4, 0.5) is 0 Å². The Morgan fingerprint density at radius 1 is 1.16 bits per heavy atom. The second kappa shape index (κ2) is 9.20. The van der Waals surface area contributed by atoms with Gasteiger partial charge in [-0.2, -0.15) is 5.10 Å². The third-order valence-electron chi connectivity index (χ3n) is 4.95. The molecule has 0 fully saturated rings. The van der Waals surface area contributed by atoms with Crippen LogP contribution in [0.25, 0.3) is 11.0 Å². The van der Waals surface area contributed by atoms with Gasteiger partial charge in [-0.05, 0) is 44.9 Å². The molecule has 0 unspecified atom stereocenters. The Kier molecular flexibility index (Phi) is 6.62. The number of nitrogens with one attached hydrogen (secondary N) is 1. The normalized spacial score (nSPS) is 11.5. The number of benzene rings is 1. The van der Waals surface area contributed by atoms with Gasteiger partial charge in [0.25, 0.3) is 5.56 Å². The Labute approximate surface area is 181 Å². The van der Waals surface area contributed by atoms with Gasteiger partial charge in [0.15, 0.2) is 17.1 Å². The smallest absolute Gasteiger partial charge is 0.264 e. The van der Waals surface area contributed by atoms with Gasteiger partial charge >= 0.3 is 0 Å². The molecule has 1 amide bonds. The lowest BCUT2D eigenvalue weighted by Gasteiger charge is -2.19.